The fraction of sp³-hybridized carbons (Fsp3) is 1.00. The number of hydrogen-bond donors (Lipinski definition) is 0. The van der Waals surface area contributed by atoms with Crippen molar-refractivity contribution in [3.05, 3.63) is 0 Å². The average molecular weight is 352 g/mol. The molecule has 0 saturated heterocycles. The van der Waals surface area contributed by atoms with Crippen molar-refractivity contribution in [2.75, 3.05) is 28.2 Å². The first-order chi connectivity index (χ1) is 11.2. The summed E-state index contributed by atoms with van der Waals surface area (Å²) in [5.74, 6) is 1.57. The van der Waals surface area contributed by atoms with E-state index >= 15 is 0 Å². The summed E-state index contributed by atoms with van der Waals surface area (Å²) in [5, 5.41) is 0. The van der Waals surface area contributed by atoms with Gasteiger partial charge < -0.3 is 9.80 Å². The quantitative estimate of drug-likeness (QED) is 0.486. The van der Waals surface area contributed by atoms with Crippen molar-refractivity contribution in [2.45, 2.75) is 98.5 Å². The van der Waals surface area contributed by atoms with Crippen LogP contribution in [0.1, 0.15) is 80.6 Å². The van der Waals surface area contributed by atoms with E-state index in [1.165, 1.54) is 32.1 Å². The highest BCUT2D eigenvalue weighted by Gasteiger charge is 2.35. The molecule has 0 spiro atoms. The maximum absolute atomic E-state index is 2.48. The molecule has 0 aliphatic carbocycles. The minimum atomic E-state index is 0.349. The van der Waals surface area contributed by atoms with Gasteiger partial charge >= 0.3 is 0 Å². The third kappa shape index (κ3) is 10.7. The molecule has 150 valence electrons. The summed E-state index contributed by atoms with van der Waals surface area (Å²) < 4.78 is 0. The molecule has 0 amide bonds. The molecule has 0 radical (unpaired) electrons. The molecule has 3 heteroatoms. The fourth-order valence-electron chi connectivity index (χ4n) is 4.48. The Morgan fingerprint density at radius 1 is 0.800 bits per heavy atom. The Labute approximate surface area is 161 Å². The van der Waals surface area contributed by atoms with Crippen molar-refractivity contribution in [1.82, 2.24) is 9.80 Å². The predicted molar refractivity (Wildman–Crippen MR) is 118 cm³/mol. The minimum Gasteiger partial charge on any atom is -0.306 e. The topological polar surface area (TPSA) is 6.48 Å². The summed E-state index contributed by atoms with van der Waals surface area (Å²) >= 11 is 0. The molecule has 0 aromatic rings. The highest BCUT2D eigenvalue weighted by Crippen LogP contribution is 2.39. The van der Waals surface area contributed by atoms with Gasteiger partial charge in [0, 0.05) is 12.1 Å². The first-order valence-electron chi connectivity index (χ1n) is 10.5. The van der Waals surface area contributed by atoms with Crippen LogP contribution < -0.4 is 0 Å². The molecule has 0 N–H and O–H groups in total. The molecule has 0 aromatic heterocycles. The van der Waals surface area contributed by atoms with Crippen LogP contribution in [0.25, 0.3) is 0 Å². The van der Waals surface area contributed by atoms with E-state index in [2.05, 4.69) is 94.3 Å². The van der Waals surface area contributed by atoms with Crippen molar-refractivity contribution in [3.63, 3.8) is 0 Å². The largest absolute Gasteiger partial charge is 0.306 e. The molecule has 2 nitrogen and oxygen atoms in total. The maximum atomic E-state index is 2.48. The first-order valence-corrected chi connectivity index (χ1v) is 10.5. The van der Waals surface area contributed by atoms with Crippen LogP contribution >= 0.6 is 0 Å². The number of rotatable bonds is 11. The fourth-order valence-corrected chi connectivity index (χ4v) is 4.48. The van der Waals surface area contributed by atoms with Crippen molar-refractivity contribution in [3.8, 4) is 0 Å². The molecule has 25 heavy (non-hydrogen) atoms. The van der Waals surface area contributed by atoms with Gasteiger partial charge in [0.15, 0.2) is 0 Å². The van der Waals surface area contributed by atoms with E-state index < -0.39 is 0 Å². The van der Waals surface area contributed by atoms with Gasteiger partial charge in [-0.05, 0) is 77.0 Å². The molecule has 4 unspecified atom stereocenters. The van der Waals surface area contributed by atoms with Crippen LogP contribution in [0.4, 0.5) is 0 Å². The molecule has 0 aliphatic rings. The lowest BCUT2D eigenvalue weighted by Gasteiger charge is -2.43. The van der Waals surface area contributed by atoms with Gasteiger partial charge in [0.1, 0.15) is 7.85 Å². The van der Waals surface area contributed by atoms with Crippen LogP contribution in [-0.2, 0) is 0 Å². The van der Waals surface area contributed by atoms with E-state index in [1.807, 2.05) is 0 Å². The monoisotopic (exact) mass is 352 g/mol. The third-order valence-electron chi connectivity index (χ3n) is 5.67. The van der Waals surface area contributed by atoms with Crippen molar-refractivity contribution < 1.29 is 0 Å². The molecule has 0 bridgehead atoms. The zero-order valence-corrected chi connectivity index (χ0v) is 19.7. The molecule has 0 heterocycles. The minimum absolute atomic E-state index is 0.349. The second kappa shape index (κ2) is 10.4. The van der Waals surface area contributed by atoms with Gasteiger partial charge in [0.25, 0.3) is 0 Å². The molecule has 0 saturated carbocycles. The maximum Gasteiger partial charge on any atom is 0.105 e. The van der Waals surface area contributed by atoms with Crippen LogP contribution in [0.3, 0.4) is 0 Å². The third-order valence-corrected chi connectivity index (χ3v) is 5.67. The summed E-state index contributed by atoms with van der Waals surface area (Å²) in [5.41, 5.74) is 0.727. The summed E-state index contributed by atoms with van der Waals surface area (Å²) in [7, 11) is 11.3. The SMILES string of the molecule is BC(C)CC(CCC(C)CC(C)(C)C(CC(C)(C)C)N(C)C)N(C)C. The van der Waals surface area contributed by atoms with Gasteiger partial charge in [-0.2, -0.15) is 0 Å². The predicted octanol–water partition coefficient (Wildman–Crippen LogP) is 4.95. The van der Waals surface area contributed by atoms with Crippen LogP contribution in [0, 0.1) is 16.7 Å². The molecule has 0 rings (SSSR count). The van der Waals surface area contributed by atoms with E-state index in [0.717, 1.165) is 17.8 Å². The molecule has 0 aromatic carbocycles. The van der Waals surface area contributed by atoms with Gasteiger partial charge in [-0.15, -0.1) is 0 Å². The van der Waals surface area contributed by atoms with Crippen molar-refractivity contribution in [2.24, 2.45) is 16.7 Å². The van der Waals surface area contributed by atoms with Gasteiger partial charge in [-0.3, -0.25) is 0 Å². The molecule has 4 atom stereocenters. The van der Waals surface area contributed by atoms with E-state index in [9.17, 15) is 0 Å². The number of nitrogens with zero attached hydrogens (tertiary/aromatic N) is 2. The molecular formula is C22H49BN2. The van der Waals surface area contributed by atoms with Gasteiger partial charge in [-0.25, -0.2) is 0 Å². The lowest BCUT2D eigenvalue weighted by atomic mass is 9.70. The van der Waals surface area contributed by atoms with Gasteiger partial charge in [0.2, 0.25) is 0 Å². The van der Waals surface area contributed by atoms with Crippen LogP contribution in [-0.4, -0.2) is 57.9 Å². The van der Waals surface area contributed by atoms with Crippen molar-refractivity contribution in [1.29, 1.82) is 0 Å². The second-order valence-corrected chi connectivity index (χ2v) is 11.4. The van der Waals surface area contributed by atoms with Crippen LogP contribution in [0.5, 0.6) is 0 Å². The summed E-state index contributed by atoms with van der Waals surface area (Å²) in [6.45, 7) is 16.9. The first kappa shape index (κ1) is 25.0. The zero-order valence-electron chi connectivity index (χ0n) is 19.7. The van der Waals surface area contributed by atoms with E-state index in [1.54, 1.807) is 0 Å². The Morgan fingerprint density at radius 2 is 1.32 bits per heavy atom. The molecular weight excluding hydrogens is 303 g/mol. The Balaban J connectivity index is 4.79. The highest BCUT2D eigenvalue weighted by molar-refractivity contribution is 6.11. The highest BCUT2D eigenvalue weighted by atomic mass is 15.1. The van der Waals surface area contributed by atoms with E-state index in [-0.39, 0.29) is 0 Å². The summed E-state index contributed by atoms with van der Waals surface area (Å²) in [6.07, 6.45) is 6.55. The Morgan fingerprint density at radius 3 is 1.68 bits per heavy atom. The van der Waals surface area contributed by atoms with Crippen molar-refractivity contribution >= 4 is 7.85 Å². The van der Waals surface area contributed by atoms with E-state index in [0.29, 0.717) is 16.9 Å². The standard InChI is InChI=1S/C22H49BN2/c1-17(12-13-19(24(8)9)14-18(2)23)15-22(6,7)20(25(10)11)16-21(3,4)5/h17-20H,12-16,23H2,1-11H3. The number of hydrogen-bond acceptors (Lipinski definition) is 2. The Hall–Kier alpha value is -0.0151. The molecule has 0 fully saturated rings. The normalized spacial score (nSPS) is 18.4. The summed E-state index contributed by atoms with van der Waals surface area (Å²) in [4.78, 5) is 4.89. The zero-order chi connectivity index (χ0) is 20.0. The lowest BCUT2D eigenvalue weighted by molar-refractivity contribution is 0.0704. The van der Waals surface area contributed by atoms with Gasteiger partial charge in [0.05, 0.1) is 0 Å². The van der Waals surface area contributed by atoms with Gasteiger partial charge in [-0.1, -0.05) is 54.3 Å². The smallest absolute Gasteiger partial charge is 0.105 e. The van der Waals surface area contributed by atoms with E-state index in [4.69, 9.17) is 0 Å². The Kier molecular flexibility index (Phi) is 10.3. The summed E-state index contributed by atoms with van der Waals surface area (Å²) in [6, 6.07) is 1.36. The Bertz CT molecular complexity index is 356. The van der Waals surface area contributed by atoms with Crippen LogP contribution in [0.15, 0.2) is 0 Å². The molecule has 0 aliphatic heterocycles. The lowest BCUT2D eigenvalue weighted by Crippen LogP contribution is -2.44. The average Bonchev–Trinajstić information content (AvgIpc) is 2.38. The van der Waals surface area contributed by atoms with Crippen LogP contribution in [0.2, 0.25) is 5.82 Å². The second-order valence-electron chi connectivity index (χ2n) is 11.4.